The van der Waals surface area contributed by atoms with Gasteiger partial charge in [0.25, 0.3) is 0 Å². The summed E-state index contributed by atoms with van der Waals surface area (Å²) in [5, 5.41) is 16.0. The van der Waals surface area contributed by atoms with E-state index in [1.807, 2.05) is 18.2 Å². The average molecular weight is 285 g/mol. The highest BCUT2D eigenvalue weighted by Gasteiger charge is 2.02. The number of hydrogen-bond donors (Lipinski definition) is 3. The molecule has 3 N–H and O–H groups in total. The fourth-order valence-corrected chi connectivity index (χ4v) is 1.60. The standard InChI is InChI=1S/C15H15N3O3/c1-21-13-7-8-14(19)11(9-13)10-16-18-15(20)17-12-5-3-2-4-6-12/h2-10,19H,1H3,(H2,17,18,20)/b16-10+. The summed E-state index contributed by atoms with van der Waals surface area (Å²) in [5.74, 6) is 0.632. The summed E-state index contributed by atoms with van der Waals surface area (Å²) in [7, 11) is 1.53. The average Bonchev–Trinajstić information content (AvgIpc) is 2.50. The Bertz CT molecular complexity index is 642. The van der Waals surface area contributed by atoms with Crippen LogP contribution < -0.4 is 15.5 Å². The molecule has 6 heteroatoms. The summed E-state index contributed by atoms with van der Waals surface area (Å²) in [6, 6.07) is 13.3. The van der Waals surface area contributed by atoms with Crippen molar-refractivity contribution in [3.8, 4) is 11.5 Å². The quantitative estimate of drug-likeness (QED) is 0.596. The first kappa shape index (κ1) is 14.4. The van der Waals surface area contributed by atoms with Gasteiger partial charge < -0.3 is 15.2 Å². The number of methoxy groups -OCH3 is 1. The van der Waals surface area contributed by atoms with Gasteiger partial charge in [-0.15, -0.1) is 0 Å². The molecule has 0 unspecified atom stereocenters. The molecule has 0 aliphatic rings. The molecule has 0 bridgehead atoms. The van der Waals surface area contributed by atoms with Crippen LogP contribution in [0.1, 0.15) is 5.56 Å². The molecule has 0 aromatic heterocycles. The topological polar surface area (TPSA) is 83.0 Å². The van der Waals surface area contributed by atoms with Gasteiger partial charge in [-0.05, 0) is 30.3 Å². The zero-order valence-electron chi connectivity index (χ0n) is 11.4. The van der Waals surface area contributed by atoms with Gasteiger partial charge in [-0.25, -0.2) is 10.2 Å². The Balaban J connectivity index is 1.94. The van der Waals surface area contributed by atoms with E-state index in [-0.39, 0.29) is 5.75 Å². The van der Waals surface area contributed by atoms with Crippen LogP contribution in [0, 0.1) is 0 Å². The van der Waals surface area contributed by atoms with E-state index < -0.39 is 6.03 Å². The number of carbonyl (C=O) groups excluding carboxylic acids is 1. The van der Waals surface area contributed by atoms with Gasteiger partial charge in [0.15, 0.2) is 0 Å². The molecule has 0 aliphatic carbocycles. The molecule has 2 aromatic rings. The first-order valence-corrected chi connectivity index (χ1v) is 6.21. The van der Waals surface area contributed by atoms with Crippen LogP contribution in [0.3, 0.4) is 0 Å². The highest BCUT2D eigenvalue weighted by molar-refractivity contribution is 5.90. The number of urea groups is 1. The number of aromatic hydroxyl groups is 1. The van der Waals surface area contributed by atoms with E-state index in [1.54, 1.807) is 24.3 Å². The second-order valence-corrected chi connectivity index (χ2v) is 4.11. The molecule has 0 heterocycles. The minimum atomic E-state index is -0.472. The Kier molecular flexibility index (Phi) is 4.76. The fourth-order valence-electron chi connectivity index (χ4n) is 1.60. The van der Waals surface area contributed by atoms with Crippen LogP contribution in [0.5, 0.6) is 11.5 Å². The smallest absolute Gasteiger partial charge is 0.339 e. The van der Waals surface area contributed by atoms with Crippen molar-refractivity contribution in [2.45, 2.75) is 0 Å². The number of benzene rings is 2. The Labute approximate surface area is 122 Å². The van der Waals surface area contributed by atoms with E-state index in [0.717, 1.165) is 0 Å². The van der Waals surface area contributed by atoms with Crippen molar-refractivity contribution in [3.63, 3.8) is 0 Å². The van der Waals surface area contributed by atoms with Gasteiger partial charge in [-0.3, -0.25) is 0 Å². The first-order valence-electron chi connectivity index (χ1n) is 6.21. The Hall–Kier alpha value is -3.02. The van der Waals surface area contributed by atoms with E-state index in [2.05, 4.69) is 15.8 Å². The number of rotatable bonds is 4. The van der Waals surface area contributed by atoms with E-state index in [0.29, 0.717) is 17.0 Å². The van der Waals surface area contributed by atoms with Crippen LogP contribution in [-0.4, -0.2) is 24.5 Å². The maximum Gasteiger partial charge on any atom is 0.339 e. The molecule has 0 saturated carbocycles. The summed E-state index contributed by atoms with van der Waals surface area (Å²) in [5.41, 5.74) is 3.41. The molecule has 21 heavy (non-hydrogen) atoms. The molecule has 2 rings (SSSR count). The summed E-state index contributed by atoms with van der Waals surface area (Å²) >= 11 is 0. The van der Waals surface area contributed by atoms with Crippen molar-refractivity contribution in [3.05, 3.63) is 54.1 Å². The summed E-state index contributed by atoms with van der Waals surface area (Å²) in [6.45, 7) is 0. The molecule has 2 aromatic carbocycles. The maximum absolute atomic E-state index is 11.6. The molecule has 0 fully saturated rings. The molecule has 6 nitrogen and oxygen atoms in total. The summed E-state index contributed by atoms with van der Waals surface area (Å²) in [4.78, 5) is 11.6. The highest BCUT2D eigenvalue weighted by atomic mass is 16.5. The molecule has 0 radical (unpaired) electrons. The number of hydrazone groups is 1. The monoisotopic (exact) mass is 285 g/mol. The van der Waals surface area contributed by atoms with Crippen LogP contribution in [0.4, 0.5) is 10.5 Å². The lowest BCUT2D eigenvalue weighted by Crippen LogP contribution is -2.24. The van der Waals surface area contributed by atoms with E-state index in [1.165, 1.54) is 19.4 Å². The summed E-state index contributed by atoms with van der Waals surface area (Å²) in [6.07, 6.45) is 1.34. The number of ether oxygens (including phenoxy) is 1. The minimum Gasteiger partial charge on any atom is -0.507 e. The highest BCUT2D eigenvalue weighted by Crippen LogP contribution is 2.20. The van der Waals surface area contributed by atoms with Gasteiger partial charge in [0.1, 0.15) is 11.5 Å². The molecule has 2 amide bonds. The first-order chi connectivity index (χ1) is 10.2. The molecule has 108 valence electrons. The van der Waals surface area contributed by atoms with Gasteiger partial charge >= 0.3 is 6.03 Å². The van der Waals surface area contributed by atoms with Crippen molar-refractivity contribution in [2.75, 3.05) is 12.4 Å². The Morgan fingerprint density at radius 3 is 2.71 bits per heavy atom. The zero-order valence-corrected chi connectivity index (χ0v) is 11.4. The second-order valence-electron chi connectivity index (χ2n) is 4.11. The lowest BCUT2D eigenvalue weighted by molar-refractivity contribution is 0.252. The van der Waals surface area contributed by atoms with Crippen molar-refractivity contribution < 1.29 is 14.6 Å². The number of para-hydroxylation sites is 1. The SMILES string of the molecule is COc1ccc(O)c(/C=N/NC(=O)Nc2ccccc2)c1. The largest absolute Gasteiger partial charge is 0.507 e. The number of anilines is 1. The van der Waals surface area contributed by atoms with Crippen molar-refractivity contribution in [1.82, 2.24) is 5.43 Å². The lowest BCUT2D eigenvalue weighted by atomic mass is 10.2. The van der Waals surface area contributed by atoms with E-state index >= 15 is 0 Å². The van der Waals surface area contributed by atoms with Crippen molar-refractivity contribution in [1.29, 1.82) is 0 Å². The number of nitrogens with one attached hydrogen (secondary N) is 2. The van der Waals surface area contributed by atoms with Gasteiger partial charge in [-0.1, -0.05) is 18.2 Å². The van der Waals surface area contributed by atoms with Gasteiger partial charge in [0, 0.05) is 11.3 Å². The Morgan fingerprint density at radius 1 is 1.24 bits per heavy atom. The minimum absolute atomic E-state index is 0.0461. The molecule has 0 saturated heterocycles. The van der Waals surface area contributed by atoms with Crippen LogP contribution >= 0.6 is 0 Å². The van der Waals surface area contributed by atoms with Crippen LogP contribution in [0.25, 0.3) is 0 Å². The molecular weight excluding hydrogens is 270 g/mol. The fraction of sp³-hybridized carbons (Fsp3) is 0.0667. The van der Waals surface area contributed by atoms with Gasteiger partial charge in [-0.2, -0.15) is 5.10 Å². The maximum atomic E-state index is 11.6. The van der Waals surface area contributed by atoms with Gasteiger partial charge in [0.2, 0.25) is 0 Å². The van der Waals surface area contributed by atoms with E-state index in [9.17, 15) is 9.90 Å². The normalized spacial score (nSPS) is 10.3. The lowest BCUT2D eigenvalue weighted by Gasteiger charge is -2.04. The summed E-state index contributed by atoms with van der Waals surface area (Å²) < 4.78 is 5.04. The van der Waals surface area contributed by atoms with E-state index in [4.69, 9.17) is 4.74 Å². The number of phenols is 1. The third-order valence-corrected chi connectivity index (χ3v) is 2.64. The molecule has 0 spiro atoms. The number of carbonyl (C=O) groups is 1. The zero-order chi connectivity index (χ0) is 15.1. The number of amides is 2. The number of phenolic OH excluding ortho intramolecular Hbond substituents is 1. The third kappa shape index (κ3) is 4.24. The van der Waals surface area contributed by atoms with Gasteiger partial charge in [0.05, 0.1) is 13.3 Å². The molecule has 0 aliphatic heterocycles. The Morgan fingerprint density at radius 2 is 2.00 bits per heavy atom. The number of nitrogens with zero attached hydrogens (tertiary/aromatic N) is 1. The van der Waals surface area contributed by atoms with Crippen LogP contribution in [0.15, 0.2) is 53.6 Å². The predicted molar refractivity (Wildman–Crippen MR) is 80.8 cm³/mol. The molecular formula is C15H15N3O3. The van der Waals surface area contributed by atoms with Crippen molar-refractivity contribution >= 4 is 17.9 Å². The predicted octanol–water partition coefficient (Wildman–Crippen LogP) is 2.56. The second kappa shape index (κ2) is 6.95. The van der Waals surface area contributed by atoms with Crippen molar-refractivity contribution in [2.24, 2.45) is 5.10 Å². The van der Waals surface area contributed by atoms with Crippen LogP contribution in [-0.2, 0) is 0 Å². The third-order valence-electron chi connectivity index (χ3n) is 2.64. The molecule has 0 atom stereocenters. The van der Waals surface area contributed by atoms with Crippen LogP contribution in [0.2, 0.25) is 0 Å². The number of hydrogen-bond acceptors (Lipinski definition) is 4.